The predicted molar refractivity (Wildman–Crippen MR) is 40.6 cm³/mol. The van der Waals surface area contributed by atoms with Gasteiger partial charge >= 0.3 is 6.14 Å². The SMILES string of the molecule is O=[N+]([O-])c1ccc2nc(F)oc2c1. The highest BCUT2D eigenvalue weighted by atomic mass is 19.1. The summed E-state index contributed by atoms with van der Waals surface area (Å²) < 4.78 is 16.9. The van der Waals surface area contributed by atoms with Gasteiger partial charge in [-0.2, -0.15) is 4.98 Å². The van der Waals surface area contributed by atoms with Gasteiger partial charge in [0.15, 0.2) is 5.58 Å². The summed E-state index contributed by atoms with van der Waals surface area (Å²) in [5.74, 6) is 0. The fraction of sp³-hybridized carbons (Fsp3) is 0. The Kier molecular flexibility index (Phi) is 1.48. The summed E-state index contributed by atoms with van der Waals surface area (Å²) in [5.41, 5.74) is 0.193. The van der Waals surface area contributed by atoms with Gasteiger partial charge < -0.3 is 4.42 Å². The molecule has 2 aromatic rings. The molecule has 0 saturated carbocycles. The van der Waals surface area contributed by atoms with Crippen LogP contribution < -0.4 is 0 Å². The first-order chi connectivity index (χ1) is 6.16. The van der Waals surface area contributed by atoms with E-state index in [0.717, 1.165) is 6.07 Å². The van der Waals surface area contributed by atoms with Crippen molar-refractivity contribution in [1.29, 1.82) is 0 Å². The Balaban J connectivity index is 2.67. The van der Waals surface area contributed by atoms with E-state index < -0.39 is 11.1 Å². The van der Waals surface area contributed by atoms with Crippen molar-refractivity contribution in [3.8, 4) is 0 Å². The van der Waals surface area contributed by atoms with Gasteiger partial charge in [0.1, 0.15) is 5.52 Å². The molecule has 0 fully saturated rings. The summed E-state index contributed by atoms with van der Waals surface area (Å²) in [6.45, 7) is 0. The highest BCUT2D eigenvalue weighted by molar-refractivity contribution is 5.74. The first-order valence-electron chi connectivity index (χ1n) is 3.37. The number of rotatable bonds is 1. The summed E-state index contributed by atoms with van der Waals surface area (Å²) in [6.07, 6.45) is -0.990. The maximum atomic E-state index is 12.4. The Bertz CT molecular complexity index is 480. The maximum absolute atomic E-state index is 12.4. The monoisotopic (exact) mass is 182 g/mol. The summed E-state index contributed by atoms with van der Waals surface area (Å²) in [4.78, 5) is 13.1. The molecule has 0 N–H and O–H groups in total. The zero-order valence-electron chi connectivity index (χ0n) is 6.23. The molecule has 2 rings (SSSR count). The zero-order chi connectivity index (χ0) is 9.42. The van der Waals surface area contributed by atoms with Gasteiger partial charge in [0.25, 0.3) is 5.69 Å². The van der Waals surface area contributed by atoms with E-state index in [-0.39, 0.29) is 16.8 Å². The first kappa shape index (κ1) is 7.66. The Hall–Kier alpha value is -1.98. The number of hydrogen-bond donors (Lipinski definition) is 0. The molecule has 66 valence electrons. The third-order valence-electron chi connectivity index (χ3n) is 1.56. The lowest BCUT2D eigenvalue weighted by Gasteiger charge is -1.88. The van der Waals surface area contributed by atoms with Gasteiger partial charge in [-0.25, -0.2) is 0 Å². The van der Waals surface area contributed by atoms with Gasteiger partial charge in [-0.05, 0) is 6.07 Å². The van der Waals surface area contributed by atoms with E-state index in [9.17, 15) is 14.5 Å². The van der Waals surface area contributed by atoms with E-state index in [0.29, 0.717) is 0 Å². The van der Waals surface area contributed by atoms with Crippen LogP contribution in [-0.2, 0) is 0 Å². The molecule has 0 aliphatic carbocycles. The second kappa shape index (κ2) is 2.51. The highest BCUT2D eigenvalue weighted by Gasteiger charge is 2.10. The van der Waals surface area contributed by atoms with Crippen molar-refractivity contribution < 1.29 is 13.7 Å². The standard InChI is InChI=1S/C7H3FN2O3/c8-7-9-5-2-1-4(10(11)12)3-6(5)13-7/h1-3H. The number of hydrogen-bond acceptors (Lipinski definition) is 4. The van der Waals surface area contributed by atoms with Crippen LogP contribution in [0.4, 0.5) is 10.1 Å². The molecule has 13 heavy (non-hydrogen) atoms. The van der Waals surface area contributed by atoms with E-state index in [1.165, 1.54) is 12.1 Å². The fourth-order valence-electron chi connectivity index (χ4n) is 0.999. The lowest BCUT2D eigenvalue weighted by molar-refractivity contribution is -0.384. The first-order valence-corrected chi connectivity index (χ1v) is 3.37. The van der Waals surface area contributed by atoms with Gasteiger partial charge in [-0.3, -0.25) is 10.1 Å². The van der Waals surface area contributed by atoms with Crippen LogP contribution in [0.2, 0.25) is 0 Å². The molecule has 0 spiro atoms. The van der Waals surface area contributed by atoms with Crippen LogP contribution in [0, 0.1) is 16.3 Å². The van der Waals surface area contributed by atoms with Crippen LogP contribution in [0.5, 0.6) is 0 Å². The second-order valence-corrected chi connectivity index (χ2v) is 2.38. The molecule has 0 saturated heterocycles. The third kappa shape index (κ3) is 1.22. The third-order valence-corrected chi connectivity index (χ3v) is 1.56. The van der Waals surface area contributed by atoms with Gasteiger partial charge in [0, 0.05) is 6.07 Å². The smallest absolute Gasteiger partial charge is 0.382 e. The Morgan fingerprint density at radius 1 is 1.54 bits per heavy atom. The largest absolute Gasteiger partial charge is 0.415 e. The van der Waals surface area contributed by atoms with Gasteiger partial charge in [0.2, 0.25) is 0 Å². The predicted octanol–water partition coefficient (Wildman–Crippen LogP) is 1.88. The minimum Gasteiger partial charge on any atom is -0.415 e. The second-order valence-electron chi connectivity index (χ2n) is 2.38. The molecular weight excluding hydrogens is 179 g/mol. The lowest BCUT2D eigenvalue weighted by Crippen LogP contribution is -1.86. The molecule has 0 aliphatic rings. The minimum absolute atomic E-state index is 0.0756. The van der Waals surface area contributed by atoms with Crippen molar-refractivity contribution in [1.82, 2.24) is 4.98 Å². The van der Waals surface area contributed by atoms with Crippen molar-refractivity contribution in [3.05, 3.63) is 34.5 Å². The van der Waals surface area contributed by atoms with Crippen molar-refractivity contribution >= 4 is 16.8 Å². The topological polar surface area (TPSA) is 69.2 Å². The van der Waals surface area contributed by atoms with Crippen LogP contribution in [0.25, 0.3) is 11.1 Å². The van der Waals surface area contributed by atoms with Crippen LogP contribution >= 0.6 is 0 Å². The van der Waals surface area contributed by atoms with Gasteiger partial charge in [-0.1, -0.05) is 0 Å². The fourth-order valence-corrected chi connectivity index (χ4v) is 0.999. The number of non-ortho nitro benzene ring substituents is 1. The summed E-state index contributed by atoms with van der Waals surface area (Å²) in [5, 5.41) is 10.3. The normalized spacial score (nSPS) is 10.5. The zero-order valence-corrected chi connectivity index (χ0v) is 6.23. The van der Waals surface area contributed by atoms with E-state index in [1.54, 1.807) is 0 Å². The molecule has 0 radical (unpaired) electrons. The number of nitro groups is 1. The van der Waals surface area contributed by atoms with Crippen molar-refractivity contribution in [2.75, 3.05) is 0 Å². The van der Waals surface area contributed by atoms with Crippen LogP contribution in [-0.4, -0.2) is 9.91 Å². The van der Waals surface area contributed by atoms with E-state index >= 15 is 0 Å². The molecular formula is C7H3FN2O3. The van der Waals surface area contributed by atoms with Crippen molar-refractivity contribution in [2.24, 2.45) is 0 Å². The maximum Gasteiger partial charge on any atom is 0.382 e. The lowest BCUT2D eigenvalue weighted by atomic mass is 10.3. The van der Waals surface area contributed by atoms with E-state index in [1.807, 2.05) is 0 Å². The average molecular weight is 182 g/mol. The van der Waals surface area contributed by atoms with Crippen molar-refractivity contribution in [3.63, 3.8) is 0 Å². The van der Waals surface area contributed by atoms with Crippen LogP contribution in [0.15, 0.2) is 22.6 Å². The summed E-state index contributed by atoms with van der Waals surface area (Å²) in [7, 11) is 0. The molecule has 1 aromatic heterocycles. The summed E-state index contributed by atoms with van der Waals surface area (Å²) in [6, 6.07) is 3.70. The number of nitrogens with zero attached hydrogens (tertiary/aromatic N) is 2. The molecule has 0 bridgehead atoms. The van der Waals surface area contributed by atoms with Gasteiger partial charge in [-0.15, -0.1) is 4.39 Å². The molecule has 6 heteroatoms. The summed E-state index contributed by atoms with van der Waals surface area (Å²) >= 11 is 0. The number of aromatic nitrogens is 1. The minimum atomic E-state index is -0.990. The molecule has 5 nitrogen and oxygen atoms in total. The van der Waals surface area contributed by atoms with Crippen LogP contribution in [0.3, 0.4) is 0 Å². The van der Waals surface area contributed by atoms with E-state index in [2.05, 4.69) is 9.40 Å². The Labute approximate surface area is 70.9 Å². The number of benzene rings is 1. The molecule has 0 atom stereocenters. The number of halogens is 1. The Morgan fingerprint density at radius 2 is 2.31 bits per heavy atom. The number of nitro benzene ring substituents is 1. The Morgan fingerprint density at radius 3 is 3.00 bits per heavy atom. The average Bonchev–Trinajstić information content (AvgIpc) is 2.42. The van der Waals surface area contributed by atoms with Gasteiger partial charge in [0.05, 0.1) is 11.0 Å². The number of oxazole rings is 1. The number of fused-ring (bicyclic) bond motifs is 1. The van der Waals surface area contributed by atoms with E-state index in [4.69, 9.17) is 0 Å². The molecule has 1 heterocycles. The molecule has 0 unspecified atom stereocenters. The quantitative estimate of drug-likeness (QED) is 0.498. The molecule has 0 amide bonds. The molecule has 1 aromatic carbocycles. The van der Waals surface area contributed by atoms with Crippen LogP contribution in [0.1, 0.15) is 0 Å². The molecule has 0 aliphatic heterocycles. The highest BCUT2D eigenvalue weighted by Crippen LogP contribution is 2.20. The van der Waals surface area contributed by atoms with Crippen molar-refractivity contribution in [2.45, 2.75) is 0 Å².